The molecular formula is C10H15NO3S. The predicted octanol–water partition coefficient (Wildman–Crippen LogP) is 1.83. The van der Waals surface area contributed by atoms with Crippen LogP contribution in [0.3, 0.4) is 0 Å². The van der Waals surface area contributed by atoms with E-state index in [4.69, 9.17) is 9.84 Å². The van der Waals surface area contributed by atoms with E-state index in [1.54, 1.807) is 6.20 Å². The van der Waals surface area contributed by atoms with Gasteiger partial charge in [0.2, 0.25) is 0 Å². The Bertz CT molecular complexity index is 359. The van der Waals surface area contributed by atoms with Crippen LogP contribution in [0.4, 0.5) is 0 Å². The molecule has 1 N–H and O–H groups in total. The zero-order chi connectivity index (χ0) is 11.6. The lowest BCUT2D eigenvalue weighted by Crippen LogP contribution is -2.40. The van der Waals surface area contributed by atoms with Gasteiger partial charge in [0, 0.05) is 23.6 Å². The van der Waals surface area contributed by atoms with Crippen LogP contribution >= 0.6 is 11.3 Å². The molecule has 1 unspecified atom stereocenters. The Labute approximate surface area is 92.9 Å². The van der Waals surface area contributed by atoms with Gasteiger partial charge < -0.3 is 9.84 Å². The van der Waals surface area contributed by atoms with Crippen molar-refractivity contribution in [1.82, 2.24) is 4.98 Å². The molecular weight excluding hydrogens is 214 g/mol. The standard InChI is InChI=1S/C10H15NO3S/c1-6-11-5-7(15-6)10(2,3)8(14-4)9(12)13/h5,8H,1-4H3,(H,12,13). The minimum Gasteiger partial charge on any atom is -0.479 e. The number of rotatable bonds is 4. The van der Waals surface area contributed by atoms with Crippen LogP contribution < -0.4 is 0 Å². The molecule has 5 heteroatoms. The second-order valence-corrected chi connectivity index (χ2v) is 5.15. The average Bonchev–Trinajstić information content (AvgIpc) is 2.52. The molecule has 1 heterocycles. The van der Waals surface area contributed by atoms with Crippen LogP contribution in [0.1, 0.15) is 23.7 Å². The van der Waals surface area contributed by atoms with Crippen molar-refractivity contribution in [3.63, 3.8) is 0 Å². The Hall–Kier alpha value is -0.940. The summed E-state index contributed by atoms with van der Waals surface area (Å²) in [6, 6.07) is 0. The summed E-state index contributed by atoms with van der Waals surface area (Å²) in [5.74, 6) is -0.950. The molecule has 84 valence electrons. The first kappa shape index (κ1) is 12.1. The molecule has 1 atom stereocenters. The quantitative estimate of drug-likeness (QED) is 0.855. The molecule has 0 bridgehead atoms. The summed E-state index contributed by atoms with van der Waals surface area (Å²) in [4.78, 5) is 16.1. The Morgan fingerprint density at radius 3 is 2.60 bits per heavy atom. The van der Waals surface area contributed by atoms with E-state index in [1.165, 1.54) is 18.4 Å². The van der Waals surface area contributed by atoms with E-state index in [0.717, 1.165) is 9.88 Å². The molecule has 1 aromatic heterocycles. The zero-order valence-corrected chi connectivity index (χ0v) is 10.1. The highest BCUT2D eigenvalue weighted by Crippen LogP contribution is 2.32. The summed E-state index contributed by atoms with van der Waals surface area (Å²) in [7, 11) is 1.41. The van der Waals surface area contributed by atoms with Crippen LogP contribution in [-0.2, 0) is 14.9 Å². The number of hydrogen-bond donors (Lipinski definition) is 1. The van der Waals surface area contributed by atoms with Crippen molar-refractivity contribution in [2.24, 2.45) is 0 Å². The molecule has 0 aliphatic rings. The van der Waals surface area contributed by atoms with E-state index < -0.39 is 17.5 Å². The van der Waals surface area contributed by atoms with E-state index in [2.05, 4.69) is 4.98 Å². The zero-order valence-electron chi connectivity index (χ0n) is 9.27. The maximum atomic E-state index is 11.0. The third-order valence-electron chi connectivity index (χ3n) is 2.37. The lowest BCUT2D eigenvalue weighted by molar-refractivity contribution is -0.152. The molecule has 4 nitrogen and oxygen atoms in total. The summed E-state index contributed by atoms with van der Waals surface area (Å²) in [5, 5.41) is 9.97. The second-order valence-electron chi connectivity index (χ2n) is 3.92. The van der Waals surface area contributed by atoms with Gasteiger partial charge in [0.1, 0.15) is 0 Å². The smallest absolute Gasteiger partial charge is 0.333 e. The van der Waals surface area contributed by atoms with E-state index >= 15 is 0 Å². The van der Waals surface area contributed by atoms with E-state index in [-0.39, 0.29) is 0 Å². The Kier molecular flexibility index (Phi) is 3.46. The van der Waals surface area contributed by atoms with Crippen molar-refractivity contribution in [1.29, 1.82) is 0 Å². The van der Waals surface area contributed by atoms with Gasteiger partial charge in [-0.3, -0.25) is 0 Å². The summed E-state index contributed by atoms with van der Waals surface area (Å²) in [5.41, 5.74) is -0.563. The molecule has 0 radical (unpaired) electrons. The maximum absolute atomic E-state index is 11.0. The van der Waals surface area contributed by atoms with Gasteiger partial charge >= 0.3 is 5.97 Å². The van der Waals surface area contributed by atoms with Crippen LogP contribution in [0.15, 0.2) is 6.20 Å². The number of hydrogen-bond acceptors (Lipinski definition) is 4. The number of aliphatic carboxylic acids is 1. The van der Waals surface area contributed by atoms with Gasteiger partial charge in [-0.2, -0.15) is 0 Å². The lowest BCUT2D eigenvalue weighted by Gasteiger charge is -2.28. The summed E-state index contributed by atoms with van der Waals surface area (Å²) >= 11 is 1.50. The minimum absolute atomic E-state index is 0.563. The fourth-order valence-corrected chi connectivity index (χ4v) is 2.39. The fraction of sp³-hybridized carbons (Fsp3) is 0.600. The highest BCUT2D eigenvalue weighted by molar-refractivity contribution is 7.11. The van der Waals surface area contributed by atoms with Gasteiger partial charge in [0.05, 0.1) is 5.01 Å². The molecule has 1 aromatic rings. The molecule has 0 aromatic carbocycles. The lowest BCUT2D eigenvalue weighted by atomic mass is 9.85. The SMILES string of the molecule is COC(C(=O)O)C(C)(C)c1cnc(C)s1. The average molecular weight is 229 g/mol. The fourth-order valence-electron chi connectivity index (χ4n) is 1.49. The first-order valence-electron chi connectivity index (χ1n) is 4.58. The third-order valence-corrected chi connectivity index (χ3v) is 3.62. The van der Waals surface area contributed by atoms with Crippen LogP contribution in [0, 0.1) is 6.92 Å². The molecule has 0 fully saturated rings. The minimum atomic E-state index is -0.950. The van der Waals surface area contributed by atoms with Crippen LogP contribution in [0.2, 0.25) is 0 Å². The summed E-state index contributed by atoms with van der Waals surface area (Å²) in [6.07, 6.45) is 0.868. The molecule has 0 amide bonds. The number of nitrogens with zero attached hydrogens (tertiary/aromatic N) is 1. The molecule has 0 aliphatic heterocycles. The second kappa shape index (κ2) is 4.28. The van der Waals surface area contributed by atoms with Gasteiger partial charge in [-0.05, 0) is 6.92 Å². The number of carbonyl (C=O) groups is 1. The summed E-state index contributed by atoms with van der Waals surface area (Å²) in [6.45, 7) is 5.59. The van der Waals surface area contributed by atoms with Crippen molar-refractivity contribution < 1.29 is 14.6 Å². The predicted molar refractivity (Wildman–Crippen MR) is 58.3 cm³/mol. The van der Waals surface area contributed by atoms with Gasteiger partial charge in [0.15, 0.2) is 6.10 Å². The highest BCUT2D eigenvalue weighted by Gasteiger charge is 2.38. The molecule has 1 rings (SSSR count). The Morgan fingerprint density at radius 1 is 1.67 bits per heavy atom. The van der Waals surface area contributed by atoms with Crippen molar-refractivity contribution in [2.75, 3.05) is 7.11 Å². The first-order chi connectivity index (χ1) is 6.89. The molecule has 0 aliphatic carbocycles. The largest absolute Gasteiger partial charge is 0.479 e. The Balaban J connectivity index is 3.04. The van der Waals surface area contributed by atoms with Crippen molar-refractivity contribution in [2.45, 2.75) is 32.3 Å². The first-order valence-corrected chi connectivity index (χ1v) is 5.39. The topological polar surface area (TPSA) is 59.4 Å². The van der Waals surface area contributed by atoms with E-state index in [9.17, 15) is 4.79 Å². The van der Waals surface area contributed by atoms with Crippen LogP contribution in [0.25, 0.3) is 0 Å². The number of thiazole rings is 1. The molecule has 0 spiro atoms. The number of aromatic nitrogens is 1. The van der Waals surface area contributed by atoms with Crippen LogP contribution in [0.5, 0.6) is 0 Å². The number of methoxy groups -OCH3 is 1. The number of aryl methyl sites for hydroxylation is 1. The molecule has 0 saturated heterocycles. The third kappa shape index (κ3) is 2.35. The van der Waals surface area contributed by atoms with Gasteiger partial charge in [-0.25, -0.2) is 9.78 Å². The van der Waals surface area contributed by atoms with Gasteiger partial charge in [-0.1, -0.05) is 13.8 Å². The highest BCUT2D eigenvalue weighted by atomic mass is 32.1. The van der Waals surface area contributed by atoms with Crippen LogP contribution in [-0.4, -0.2) is 29.3 Å². The number of carboxylic acids is 1. The Morgan fingerprint density at radius 2 is 2.27 bits per heavy atom. The summed E-state index contributed by atoms with van der Waals surface area (Å²) < 4.78 is 5.02. The van der Waals surface area contributed by atoms with Gasteiger partial charge in [0.25, 0.3) is 0 Å². The monoisotopic (exact) mass is 229 g/mol. The number of carboxylic acid groups (broad SMARTS) is 1. The van der Waals surface area contributed by atoms with E-state index in [0.29, 0.717) is 0 Å². The van der Waals surface area contributed by atoms with Gasteiger partial charge in [-0.15, -0.1) is 11.3 Å². The van der Waals surface area contributed by atoms with Crippen molar-refractivity contribution in [3.05, 3.63) is 16.1 Å². The maximum Gasteiger partial charge on any atom is 0.333 e. The van der Waals surface area contributed by atoms with Crippen molar-refractivity contribution in [3.8, 4) is 0 Å². The normalized spacial score (nSPS) is 13.9. The molecule has 0 saturated carbocycles. The van der Waals surface area contributed by atoms with Crippen molar-refractivity contribution >= 4 is 17.3 Å². The van der Waals surface area contributed by atoms with E-state index in [1.807, 2.05) is 20.8 Å². The number of ether oxygens (including phenoxy) is 1. The molecule has 15 heavy (non-hydrogen) atoms.